The van der Waals surface area contributed by atoms with Gasteiger partial charge in [0.25, 0.3) is 5.91 Å². The van der Waals surface area contributed by atoms with Crippen LogP contribution in [0.2, 0.25) is 0 Å². The average Bonchev–Trinajstić information content (AvgIpc) is 2.32. The fourth-order valence-corrected chi connectivity index (χ4v) is 3.12. The maximum atomic E-state index is 12.0. The van der Waals surface area contributed by atoms with E-state index < -0.39 is 0 Å². The van der Waals surface area contributed by atoms with Crippen molar-refractivity contribution in [2.75, 3.05) is 0 Å². The van der Waals surface area contributed by atoms with Crippen molar-refractivity contribution >= 4 is 37.8 Å². The lowest BCUT2D eigenvalue weighted by atomic mass is 9.95. The Labute approximate surface area is 118 Å². The van der Waals surface area contributed by atoms with Crippen LogP contribution in [0.5, 0.6) is 0 Å². The number of rotatable bonds is 2. The standard InChI is InChI=1S/C12H14Br2N2O/c13-9-5-8(6-15-7-9)12(17)16-11-4-2-1-3-10(11)14/h5-7,10-11H,1-4H2,(H,16,17). The van der Waals surface area contributed by atoms with Crippen LogP contribution in [0.3, 0.4) is 0 Å². The zero-order valence-electron chi connectivity index (χ0n) is 9.33. The number of halogens is 2. The summed E-state index contributed by atoms with van der Waals surface area (Å²) < 4.78 is 0.823. The van der Waals surface area contributed by atoms with Crippen molar-refractivity contribution in [3.8, 4) is 0 Å². The molecule has 92 valence electrons. The first-order valence-electron chi connectivity index (χ1n) is 5.72. The summed E-state index contributed by atoms with van der Waals surface area (Å²) in [4.78, 5) is 16.4. The van der Waals surface area contributed by atoms with Crippen molar-refractivity contribution in [2.24, 2.45) is 0 Å². The number of alkyl halides is 1. The number of hydrogen-bond acceptors (Lipinski definition) is 2. The van der Waals surface area contributed by atoms with Crippen molar-refractivity contribution < 1.29 is 4.79 Å². The van der Waals surface area contributed by atoms with Crippen LogP contribution in [0, 0.1) is 0 Å². The van der Waals surface area contributed by atoms with Gasteiger partial charge in [-0.3, -0.25) is 9.78 Å². The third kappa shape index (κ3) is 3.52. The van der Waals surface area contributed by atoms with E-state index in [9.17, 15) is 4.79 Å². The normalized spacial score (nSPS) is 24.4. The van der Waals surface area contributed by atoms with E-state index in [-0.39, 0.29) is 11.9 Å². The minimum atomic E-state index is -0.0462. The van der Waals surface area contributed by atoms with E-state index in [0.29, 0.717) is 10.4 Å². The highest BCUT2D eigenvalue weighted by atomic mass is 79.9. The summed E-state index contributed by atoms with van der Waals surface area (Å²) in [5.41, 5.74) is 0.602. The second kappa shape index (κ2) is 5.96. The van der Waals surface area contributed by atoms with Crippen molar-refractivity contribution in [1.29, 1.82) is 0 Å². The van der Waals surface area contributed by atoms with Crippen LogP contribution in [0.4, 0.5) is 0 Å². The number of carbonyl (C=O) groups is 1. The molecule has 5 heteroatoms. The maximum absolute atomic E-state index is 12.0. The van der Waals surface area contributed by atoms with Crippen LogP contribution >= 0.6 is 31.9 Å². The molecule has 1 fully saturated rings. The molecule has 1 aromatic heterocycles. The van der Waals surface area contributed by atoms with Gasteiger partial charge in [-0.25, -0.2) is 0 Å². The van der Waals surface area contributed by atoms with Gasteiger partial charge in [-0.15, -0.1) is 0 Å². The van der Waals surface area contributed by atoms with Gasteiger partial charge in [0.1, 0.15) is 0 Å². The van der Waals surface area contributed by atoms with Gasteiger partial charge in [0.05, 0.1) is 5.56 Å². The summed E-state index contributed by atoms with van der Waals surface area (Å²) in [5, 5.41) is 3.07. The minimum absolute atomic E-state index is 0.0462. The molecule has 0 spiro atoms. The molecule has 2 unspecified atom stereocenters. The topological polar surface area (TPSA) is 42.0 Å². The van der Waals surface area contributed by atoms with Crippen molar-refractivity contribution in [3.63, 3.8) is 0 Å². The number of aromatic nitrogens is 1. The number of nitrogens with zero attached hydrogens (tertiary/aromatic N) is 1. The predicted octanol–water partition coefficient (Wildman–Crippen LogP) is 3.28. The van der Waals surface area contributed by atoms with Crippen molar-refractivity contribution in [3.05, 3.63) is 28.5 Å². The molecule has 17 heavy (non-hydrogen) atoms. The molecular formula is C12H14Br2N2O. The Bertz CT molecular complexity index is 411. The quantitative estimate of drug-likeness (QED) is 0.821. The van der Waals surface area contributed by atoms with Gasteiger partial charge in [-0.2, -0.15) is 0 Å². The number of carbonyl (C=O) groups excluding carboxylic acids is 1. The molecule has 1 N–H and O–H groups in total. The Kier molecular flexibility index (Phi) is 4.56. The largest absolute Gasteiger partial charge is 0.348 e. The Hall–Kier alpha value is -0.420. The predicted molar refractivity (Wildman–Crippen MR) is 74.4 cm³/mol. The zero-order chi connectivity index (χ0) is 12.3. The van der Waals surface area contributed by atoms with E-state index in [0.717, 1.165) is 17.3 Å². The van der Waals surface area contributed by atoms with Crippen molar-refractivity contribution in [1.82, 2.24) is 10.3 Å². The Morgan fingerprint density at radius 3 is 2.82 bits per heavy atom. The Morgan fingerprint density at radius 1 is 1.35 bits per heavy atom. The third-order valence-corrected chi connectivity index (χ3v) is 4.49. The van der Waals surface area contributed by atoms with E-state index in [1.165, 1.54) is 12.8 Å². The van der Waals surface area contributed by atoms with E-state index >= 15 is 0 Å². The molecule has 2 atom stereocenters. The monoisotopic (exact) mass is 360 g/mol. The van der Waals surface area contributed by atoms with Crippen LogP contribution < -0.4 is 5.32 Å². The third-order valence-electron chi connectivity index (χ3n) is 2.97. The lowest BCUT2D eigenvalue weighted by molar-refractivity contribution is 0.0929. The lowest BCUT2D eigenvalue weighted by Crippen LogP contribution is -2.42. The van der Waals surface area contributed by atoms with E-state index in [1.807, 2.05) is 0 Å². The molecular weight excluding hydrogens is 348 g/mol. The minimum Gasteiger partial charge on any atom is -0.348 e. The summed E-state index contributed by atoms with van der Waals surface area (Å²) in [6.45, 7) is 0. The van der Waals surface area contributed by atoms with E-state index in [1.54, 1.807) is 18.5 Å². The molecule has 0 aromatic carbocycles. The molecule has 2 rings (SSSR count). The second-order valence-electron chi connectivity index (χ2n) is 4.27. The first-order chi connectivity index (χ1) is 8.16. The summed E-state index contributed by atoms with van der Waals surface area (Å²) in [7, 11) is 0. The summed E-state index contributed by atoms with van der Waals surface area (Å²) in [5.74, 6) is -0.0462. The number of pyridine rings is 1. The molecule has 1 saturated carbocycles. The van der Waals surface area contributed by atoms with Crippen LogP contribution in [-0.4, -0.2) is 21.8 Å². The molecule has 0 aliphatic heterocycles. The zero-order valence-corrected chi connectivity index (χ0v) is 12.5. The summed E-state index contributed by atoms with van der Waals surface area (Å²) in [6.07, 6.45) is 7.85. The first-order valence-corrected chi connectivity index (χ1v) is 7.43. The highest BCUT2D eigenvalue weighted by Crippen LogP contribution is 2.24. The number of amides is 1. The first kappa shape index (κ1) is 13.0. The molecule has 1 aromatic rings. The molecule has 1 aliphatic rings. The van der Waals surface area contributed by atoms with Gasteiger partial charge >= 0.3 is 0 Å². The van der Waals surface area contributed by atoms with Gasteiger partial charge in [0.15, 0.2) is 0 Å². The molecule has 1 aliphatic carbocycles. The van der Waals surface area contributed by atoms with E-state index in [4.69, 9.17) is 0 Å². The van der Waals surface area contributed by atoms with Gasteiger partial charge in [-0.1, -0.05) is 28.8 Å². The fourth-order valence-electron chi connectivity index (χ4n) is 2.04. The highest BCUT2D eigenvalue weighted by molar-refractivity contribution is 9.10. The molecule has 0 radical (unpaired) electrons. The van der Waals surface area contributed by atoms with Crippen LogP contribution in [0.1, 0.15) is 36.0 Å². The Balaban J connectivity index is 2.01. The number of hydrogen-bond donors (Lipinski definition) is 1. The molecule has 3 nitrogen and oxygen atoms in total. The molecule has 0 saturated heterocycles. The SMILES string of the molecule is O=C(NC1CCCCC1Br)c1cncc(Br)c1. The highest BCUT2D eigenvalue weighted by Gasteiger charge is 2.24. The molecule has 1 heterocycles. The molecule has 0 bridgehead atoms. The second-order valence-corrected chi connectivity index (χ2v) is 6.36. The van der Waals surface area contributed by atoms with Gasteiger partial charge in [0.2, 0.25) is 0 Å². The average molecular weight is 362 g/mol. The van der Waals surface area contributed by atoms with Crippen LogP contribution in [0.15, 0.2) is 22.9 Å². The summed E-state index contributed by atoms with van der Waals surface area (Å²) >= 11 is 6.95. The van der Waals surface area contributed by atoms with Crippen LogP contribution in [0.25, 0.3) is 0 Å². The smallest absolute Gasteiger partial charge is 0.253 e. The lowest BCUT2D eigenvalue weighted by Gasteiger charge is -2.28. The van der Waals surface area contributed by atoms with Crippen molar-refractivity contribution in [2.45, 2.75) is 36.6 Å². The number of nitrogens with one attached hydrogen (secondary N) is 1. The molecule has 1 amide bonds. The van der Waals surface area contributed by atoms with Gasteiger partial charge in [-0.05, 0) is 34.8 Å². The van der Waals surface area contributed by atoms with Crippen LogP contribution in [-0.2, 0) is 0 Å². The van der Waals surface area contributed by atoms with Gasteiger partial charge < -0.3 is 5.32 Å². The Morgan fingerprint density at radius 2 is 2.12 bits per heavy atom. The maximum Gasteiger partial charge on any atom is 0.253 e. The summed E-state index contributed by atoms with van der Waals surface area (Å²) in [6, 6.07) is 2.02. The fraction of sp³-hybridized carbons (Fsp3) is 0.500. The van der Waals surface area contributed by atoms with Gasteiger partial charge in [0, 0.05) is 27.7 Å². The van der Waals surface area contributed by atoms with E-state index in [2.05, 4.69) is 42.2 Å².